The summed E-state index contributed by atoms with van der Waals surface area (Å²) in [6.45, 7) is 9.09. The number of nitrogens with zero attached hydrogens (tertiary/aromatic N) is 2. The standard InChI is InChI=1S/C21H23N3O4/c1-6-21(5)15-11-13(7-9-16(15)23-18(25)27-21)17-10-8-14(12-22)24(17)19(26)28-20(2,3)4/h7-11H,6H2,1-5H3,(H,23,25). The molecule has 0 aliphatic carbocycles. The molecule has 0 bridgehead atoms. The van der Waals surface area contributed by atoms with Gasteiger partial charge in [-0.25, -0.2) is 14.2 Å². The van der Waals surface area contributed by atoms with Crippen LogP contribution < -0.4 is 5.32 Å². The average Bonchev–Trinajstić information content (AvgIpc) is 3.04. The molecule has 1 atom stereocenters. The van der Waals surface area contributed by atoms with Crippen molar-refractivity contribution in [1.82, 2.24) is 4.57 Å². The summed E-state index contributed by atoms with van der Waals surface area (Å²) in [5.41, 5.74) is 1.43. The van der Waals surface area contributed by atoms with E-state index in [9.17, 15) is 14.9 Å². The van der Waals surface area contributed by atoms with Crippen LogP contribution in [0.25, 0.3) is 11.3 Å². The van der Waals surface area contributed by atoms with Gasteiger partial charge in [-0.15, -0.1) is 0 Å². The summed E-state index contributed by atoms with van der Waals surface area (Å²) >= 11 is 0. The minimum Gasteiger partial charge on any atom is -0.443 e. The predicted molar refractivity (Wildman–Crippen MR) is 104 cm³/mol. The van der Waals surface area contributed by atoms with E-state index in [1.165, 1.54) is 4.57 Å². The molecule has 1 N–H and O–H groups in total. The van der Waals surface area contributed by atoms with Gasteiger partial charge in [0.25, 0.3) is 0 Å². The summed E-state index contributed by atoms with van der Waals surface area (Å²) in [6, 6.07) is 10.7. The Morgan fingerprint density at radius 2 is 2.04 bits per heavy atom. The summed E-state index contributed by atoms with van der Waals surface area (Å²) in [6.07, 6.45) is -0.522. The van der Waals surface area contributed by atoms with Crippen LogP contribution in [0.2, 0.25) is 0 Å². The first-order chi connectivity index (χ1) is 13.1. The quantitative estimate of drug-likeness (QED) is 0.790. The Kier molecular flexibility index (Phi) is 4.67. The number of rotatable bonds is 2. The van der Waals surface area contributed by atoms with Crippen molar-refractivity contribution < 1.29 is 19.1 Å². The van der Waals surface area contributed by atoms with Crippen LogP contribution in [-0.4, -0.2) is 22.4 Å². The Bertz CT molecular complexity index is 994. The molecule has 1 unspecified atom stereocenters. The van der Waals surface area contributed by atoms with Crippen molar-refractivity contribution in [1.29, 1.82) is 5.26 Å². The lowest BCUT2D eigenvalue weighted by Gasteiger charge is -2.35. The van der Waals surface area contributed by atoms with Crippen LogP contribution >= 0.6 is 0 Å². The molecule has 0 radical (unpaired) electrons. The van der Waals surface area contributed by atoms with Crippen LogP contribution in [-0.2, 0) is 15.1 Å². The van der Waals surface area contributed by atoms with Crippen LogP contribution in [0.3, 0.4) is 0 Å². The van der Waals surface area contributed by atoms with E-state index < -0.39 is 23.4 Å². The minimum absolute atomic E-state index is 0.185. The molecule has 1 aliphatic rings. The number of nitrogens with one attached hydrogen (secondary N) is 1. The van der Waals surface area contributed by atoms with Crippen LogP contribution in [0, 0.1) is 11.3 Å². The highest BCUT2D eigenvalue weighted by molar-refractivity contribution is 5.90. The number of amides is 1. The maximum atomic E-state index is 12.7. The smallest absolute Gasteiger partial charge is 0.420 e. The van der Waals surface area contributed by atoms with E-state index >= 15 is 0 Å². The van der Waals surface area contributed by atoms with Gasteiger partial charge in [0.2, 0.25) is 0 Å². The second kappa shape index (κ2) is 6.71. The molecule has 7 heteroatoms. The monoisotopic (exact) mass is 381 g/mol. The molecule has 2 heterocycles. The lowest BCUT2D eigenvalue weighted by molar-refractivity contribution is 0.0236. The van der Waals surface area contributed by atoms with Crippen LogP contribution in [0.4, 0.5) is 15.3 Å². The number of ether oxygens (including phenoxy) is 2. The summed E-state index contributed by atoms with van der Waals surface area (Å²) in [5, 5.41) is 12.1. The zero-order valence-electron chi connectivity index (χ0n) is 16.6. The number of hydrogen-bond acceptors (Lipinski definition) is 5. The van der Waals surface area contributed by atoms with Crippen molar-refractivity contribution in [3.8, 4) is 17.3 Å². The van der Waals surface area contributed by atoms with Crippen molar-refractivity contribution >= 4 is 17.9 Å². The summed E-state index contributed by atoms with van der Waals surface area (Å²) in [4.78, 5) is 24.6. The van der Waals surface area contributed by atoms with Gasteiger partial charge in [-0.3, -0.25) is 5.32 Å². The fourth-order valence-corrected chi connectivity index (χ4v) is 3.16. The lowest BCUT2D eigenvalue weighted by atomic mass is 9.88. The third-order valence-electron chi connectivity index (χ3n) is 4.69. The zero-order chi connectivity index (χ0) is 20.7. The minimum atomic E-state index is -0.783. The van der Waals surface area contributed by atoms with Gasteiger partial charge in [0, 0.05) is 5.56 Å². The van der Waals surface area contributed by atoms with Crippen molar-refractivity contribution in [2.24, 2.45) is 0 Å². The van der Waals surface area contributed by atoms with E-state index in [4.69, 9.17) is 9.47 Å². The molecule has 28 heavy (non-hydrogen) atoms. The Morgan fingerprint density at radius 3 is 2.64 bits per heavy atom. The molecule has 0 saturated carbocycles. The molecule has 1 aromatic heterocycles. The maximum Gasteiger partial charge on any atom is 0.420 e. The second-order valence-corrected chi connectivity index (χ2v) is 7.89. The Balaban J connectivity index is 2.13. The highest BCUT2D eigenvalue weighted by atomic mass is 16.6. The molecule has 2 aromatic rings. The SMILES string of the molecule is CCC1(C)OC(=O)Nc2ccc(-c3ccc(C#N)n3C(=O)OC(C)(C)C)cc21. The first-order valence-corrected chi connectivity index (χ1v) is 9.08. The third kappa shape index (κ3) is 3.46. The molecule has 1 amide bonds. The van der Waals surface area contributed by atoms with Crippen molar-refractivity contribution in [2.75, 3.05) is 5.32 Å². The molecule has 146 valence electrons. The number of nitriles is 1. The number of fused-ring (bicyclic) bond motifs is 1. The second-order valence-electron chi connectivity index (χ2n) is 7.89. The van der Waals surface area contributed by atoms with E-state index in [0.29, 0.717) is 23.4 Å². The van der Waals surface area contributed by atoms with Gasteiger partial charge >= 0.3 is 12.2 Å². The highest BCUT2D eigenvalue weighted by Gasteiger charge is 2.36. The fraction of sp³-hybridized carbons (Fsp3) is 0.381. The van der Waals surface area contributed by atoms with Crippen molar-refractivity contribution in [3.63, 3.8) is 0 Å². The Hall–Kier alpha value is -3.27. The van der Waals surface area contributed by atoms with Crippen molar-refractivity contribution in [3.05, 3.63) is 41.6 Å². The molecule has 1 aliphatic heterocycles. The van der Waals surface area contributed by atoms with E-state index in [2.05, 4.69) is 5.32 Å². The first kappa shape index (κ1) is 19.5. The van der Waals surface area contributed by atoms with E-state index in [1.807, 2.05) is 26.0 Å². The maximum absolute atomic E-state index is 12.7. The van der Waals surface area contributed by atoms with Crippen molar-refractivity contribution in [2.45, 2.75) is 52.2 Å². The normalized spacial score (nSPS) is 18.5. The summed E-state index contributed by atoms with van der Waals surface area (Å²) in [7, 11) is 0. The number of benzene rings is 1. The highest BCUT2D eigenvalue weighted by Crippen LogP contribution is 2.40. The predicted octanol–water partition coefficient (Wildman–Crippen LogP) is 5.00. The summed E-state index contributed by atoms with van der Waals surface area (Å²) < 4.78 is 12.2. The lowest BCUT2D eigenvalue weighted by Crippen LogP contribution is -2.36. The van der Waals surface area contributed by atoms with E-state index in [0.717, 1.165) is 5.56 Å². The van der Waals surface area contributed by atoms with Crippen LogP contribution in [0.15, 0.2) is 30.3 Å². The number of aromatic nitrogens is 1. The number of carbonyl (C=O) groups excluding carboxylic acids is 2. The third-order valence-corrected chi connectivity index (χ3v) is 4.69. The van der Waals surface area contributed by atoms with Gasteiger partial charge < -0.3 is 9.47 Å². The van der Waals surface area contributed by atoms with E-state index in [1.54, 1.807) is 45.0 Å². The van der Waals surface area contributed by atoms with E-state index in [-0.39, 0.29) is 5.69 Å². The molecule has 0 spiro atoms. The van der Waals surface area contributed by atoms with Gasteiger partial charge in [0.15, 0.2) is 0 Å². The molecule has 3 rings (SSSR count). The molecule has 0 saturated heterocycles. The Morgan fingerprint density at radius 1 is 1.32 bits per heavy atom. The molecule has 7 nitrogen and oxygen atoms in total. The van der Waals surface area contributed by atoms with Gasteiger partial charge in [0.1, 0.15) is 23.0 Å². The molecular formula is C21H23N3O4. The zero-order valence-corrected chi connectivity index (χ0v) is 16.6. The topological polar surface area (TPSA) is 93.4 Å². The first-order valence-electron chi connectivity index (χ1n) is 9.08. The van der Waals surface area contributed by atoms with Gasteiger partial charge in [-0.1, -0.05) is 13.0 Å². The fourth-order valence-electron chi connectivity index (χ4n) is 3.16. The average molecular weight is 381 g/mol. The summed E-state index contributed by atoms with van der Waals surface area (Å²) in [5.74, 6) is 0. The van der Waals surface area contributed by atoms with Crippen LogP contribution in [0.1, 0.15) is 52.3 Å². The molecular weight excluding hydrogens is 358 g/mol. The number of anilines is 1. The molecule has 1 aromatic carbocycles. The van der Waals surface area contributed by atoms with Gasteiger partial charge in [0.05, 0.1) is 11.4 Å². The molecule has 0 fully saturated rings. The Labute approximate surface area is 163 Å². The largest absolute Gasteiger partial charge is 0.443 e. The number of hydrogen-bond donors (Lipinski definition) is 1. The number of cyclic esters (lactones) is 1. The number of carbonyl (C=O) groups is 2. The van der Waals surface area contributed by atoms with Gasteiger partial charge in [-0.05, 0) is 63.9 Å². The van der Waals surface area contributed by atoms with Gasteiger partial charge in [-0.2, -0.15) is 5.26 Å². The van der Waals surface area contributed by atoms with Crippen LogP contribution in [0.5, 0.6) is 0 Å².